The summed E-state index contributed by atoms with van der Waals surface area (Å²) >= 11 is 4.95. The van der Waals surface area contributed by atoms with Gasteiger partial charge in [0.05, 0.1) is 4.90 Å². The van der Waals surface area contributed by atoms with Gasteiger partial charge in [-0.25, -0.2) is 13.4 Å². The second-order valence-electron chi connectivity index (χ2n) is 5.96. The predicted octanol–water partition coefficient (Wildman–Crippen LogP) is 3.34. The Balaban J connectivity index is 1.76. The van der Waals surface area contributed by atoms with Gasteiger partial charge in [-0.15, -0.1) is 11.3 Å². The van der Waals surface area contributed by atoms with Gasteiger partial charge in [0.25, 0.3) is 0 Å². The van der Waals surface area contributed by atoms with E-state index in [9.17, 15) is 8.42 Å². The fourth-order valence-electron chi connectivity index (χ4n) is 3.01. The lowest BCUT2D eigenvalue weighted by Gasteiger charge is -2.35. The fraction of sp³-hybridized carbons (Fsp3) is 0.438. The van der Waals surface area contributed by atoms with Crippen LogP contribution >= 0.6 is 27.3 Å². The number of sulfonamides is 1. The average molecular weight is 430 g/mol. The van der Waals surface area contributed by atoms with E-state index in [-0.39, 0.29) is 0 Å². The van der Waals surface area contributed by atoms with Gasteiger partial charge in [-0.1, -0.05) is 0 Å². The van der Waals surface area contributed by atoms with Crippen molar-refractivity contribution < 1.29 is 8.42 Å². The van der Waals surface area contributed by atoms with Crippen LogP contribution in [0.3, 0.4) is 0 Å². The Hall–Kier alpha value is -0.960. The Kier molecular flexibility index (Phi) is 5.01. The molecular formula is C16H20BrN3O2S2. The van der Waals surface area contributed by atoms with Crippen LogP contribution in [0.2, 0.25) is 0 Å². The van der Waals surface area contributed by atoms with Crippen LogP contribution in [-0.4, -0.2) is 43.9 Å². The highest BCUT2D eigenvalue weighted by Crippen LogP contribution is 2.29. The number of aryl methyl sites for hydroxylation is 3. The SMILES string of the molecule is Cc1cc(S(=O)(=O)N2CCN(c3ncc(Br)cc3C)CC2)c(C)s1. The highest BCUT2D eigenvalue weighted by Gasteiger charge is 2.31. The van der Waals surface area contributed by atoms with E-state index < -0.39 is 10.0 Å². The third kappa shape index (κ3) is 3.37. The zero-order valence-electron chi connectivity index (χ0n) is 13.9. The van der Waals surface area contributed by atoms with Crippen molar-refractivity contribution in [1.82, 2.24) is 9.29 Å². The van der Waals surface area contributed by atoms with Crippen LogP contribution < -0.4 is 4.90 Å². The van der Waals surface area contributed by atoms with E-state index in [2.05, 4.69) is 25.8 Å². The fourth-order valence-corrected chi connectivity index (χ4v) is 6.40. The summed E-state index contributed by atoms with van der Waals surface area (Å²) in [5.74, 6) is 0.929. The Morgan fingerprint density at radius 1 is 1.12 bits per heavy atom. The number of thiophene rings is 1. The van der Waals surface area contributed by atoms with E-state index >= 15 is 0 Å². The molecule has 0 radical (unpaired) electrons. The number of halogens is 1. The molecular weight excluding hydrogens is 410 g/mol. The van der Waals surface area contributed by atoms with Crippen LogP contribution in [0, 0.1) is 20.8 Å². The van der Waals surface area contributed by atoms with Crippen LogP contribution in [0.1, 0.15) is 15.3 Å². The molecule has 8 heteroatoms. The zero-order valence-corrected chi connectivity index (χ0v) is 17.1. The summed E-state index contributed by atoms with van der Waals surface area (Å²) < 4.78 is 28.3. The average Bonchev–Trinajstić information content (AvgIpc) is 2.87. The molecule has 0 bridgehead atoms. The molecule has 130 valence electrons. The quantitative estimate of drug-likeness (QED) is 0.750. The van der Waals surface area contributed by atoms with Gasteiger partial charge in [-0.05, 0) is 54.4 Å². The van der Waals surface area contributed by atoms with Gasteiger partial charge < -0.3 is 4.90 Å². The molecule has 1 aliphatic rings. The molecule has 0 N–H and O–H groups in total. The van der Waals surface area contributed by atoms with Crippen LogP contribution in [0.25, 0.3) is 0 Å². The summed E-state index contributed by atoms with van der Waals surface area (Å²) in [7, 11) is -3.41. The molecule has 1 aliphatic heterocycles. The third-order valence-electron chi connectivity index (χ3n) is 4.17. The van der Waals surface area contributed by atoms with Crippen molar-refractivity contribution >= 4 is 43.1 Å². The van der Waals surface area contributed by atoms with Gasteiger partial charge in [0.15, 0.2) is 0 Å². The van der Waals surface area contributed by atoms with Crippen molar-refractivity contribution in [3.05, 3.63) is 38.1 Å². The second kappa shape index (κ2) is 6.74. The minimum absolute atomic E-state index is 0.455. The van der Waals surface area contributed by atoms with Crippen molar-refractivity contribution in [1.29, 1.82) is 0 Å². The highest BCUT2D eigenvalue weighted by molar-refractivity contribution is 9.10. The maximum absolute atomic E-state index is 12.9. The van der Waals surface area contributed by atoms with Crippen LogP contribution in [0.4, 0.5) is 5.82 Å². The largest absolute Gasteiger partial charge is 0.354 e. The van der Waals surface area contributed by atoms with Crippen molar-refractivity contribution in [3.63, 3.8) is 0 Å². The molecule has 0 aliphatic carbocycles. The second-order valence-corrected chi connectivity index (χ2v) is 10.2. The van der Waals surface area contributed by atoms with E-state index in [1.54, 1.807) is 16.6 Å². The van der Waals surface area contributed by atoms with Crippen molar-refractivity contribution in [2.45, 2.75) is 25.7 Å². The molecule has 1 saturated heterocycles. The van der Waals surface area contributed by atoms with Crippen molar-refractivity contribution in [2.24, 2.45) is 0 Å². The summed E-state index contributed by atoms with van der Waals surface area (Å²) in [5.41, 5.74) is 1.09. The normalized spacial score (nSPS) is 16.6. The molecule has 1 fully saturated rings. The molecule has 5 nitrogen and oxygen atoms in total. The van der Waals surface area contributed by atoms with Gasteiger partial charge in [-0.3, -0.25) is 0 Å². The number of piperazine rings is 1. The maximum atomic E-state index is 12.9. The molecule has 0 unspecified atom stereocenters. The summed E-state index contributed by atoms with van der Waals surface area (Å²) in [6.07, 6.45) is 1.78. The smallest absolute Gasteiger partial charge is 0.244 e. The molecule has 0 atom stereocenters. The van der Waals surface area contributed by atoms with E-state index in [0.717, 1.165) is 25.6 Å². The van der Waals surface area contributed by atoms with Gasteiger partial charge in [0, 0.05) is 46.6 Å². The Labute approximate surface area is 155 Å². The number of aromatic nitrogens is 1. The van der Waals surface area contributed by atoms with Crippen LogP contribution in [0.15, 0.2) is 27.7 Å². The molecule has 0 amide bonds. The third-order valence-corrected chi connectivity index (χ3v) is 7.72. The minimum Gasteiger partial charge on any atom is -0.354 e. The summed E-state index contributed by atoms with van der Waals surface area (Å²) in [5, 5.41) is 0. The summed E-state index contributed by atoms with van der Waals surface area (Å²) in [6.45, 7) is 8.09. The van der Waals surface area contributed by atoms with Gasteiger partial charge in [-0.2, -0.15) is 4.31 Å². The van der Waals surface area contributed by atoms with E-state index in [1.807, 2.05) is 26.8 Å². The first-order valence-electron chi connectivity index (χ1n) is 7.73. The van der Waals surface area contributed by atoms with E-state index in [1.165, 1.54) is 11.3 Å². The molecule has 0 aromatic carbocycles. The van der Waals surface area contributed by atoms with E-state index in [0.29, 0.717) is 31.1 Å². The Bertz CT molecular complexity index is 856. The summed E-state index contributed by atoms with van der Waals surface area (Å²) in [4.78, 5) is 8.97. The number of rotatable bonds is 3. The monoisotopic (exact) mass is 429 g/mol. The molecule has 2 aromatic heterocycles. The van der Waals surface area contributed by atoms with Gasteiger partial charge in [0.1, 0.15) is 5.82 Å². The highest BCUT2D eigenvalue weighted by atomic mass is 79.9. The first-order chi connectivity index (χ1) is 11.3. The molecule has 3 rings (SSSR count). The lowest BCUT2D eigenvalue weighted by Crippen LogP contribution is -2.49. The van der Waals surface area contributed by atoms with E-state index in [4.69, 9.17) is 0 Å². The number of hydrogen-bond acceptors (Lipinski definition) is 5. The molecule has 3 heterocycles. The van der Waals surface area contributed by atoms with Crippen molar-refractivity contribution in [3.8, 4) is 0 Å². The van der Waals surface area contributed by atoms with Gasteiger partial charge >= 0.3 is 0 Å². The number of pyridine rings is 1. The van der Waals surface area contributed by atoms with Crippen LogP contribution in [0.5, 0.6) is 0 Å². The Morgan fingerprint density at radius 2 is 1.79 bits per heavy atom. The lowest BCUT2D eigenvalue weighted by atomic mass is 10.2. The predicted molar refractivity (Wildman–Crippen MR) is 101 cm³/mol. The Morgan fingerprint density at radius 3 is 2.33 bits per heavy atom. The van der Waals surface area contributed by atoms with Gasteiger partial charge in [0.2, 0.25) is 10.0 Å². The van der Waals surface area contributed by atoms with Crippen LogP contribution in [-0.2, 0) is 10.0 Å². The standard InChI is InChI=1S/C16H20BrN3O2S2/c1-11-8-14(17)10-18-16(11)19-4-6-20(7-5-19)24(21,22)15-9-12(2)23-13(15)3/h8-10H,4-7H2,1-3H3. The maximum Gasteiger partial charge on any atom is 0.244 e. The van der Waals surface area contributed by atoms with Crippen molar-refractivity contribution in [2.75, 3.05) is 31.1 Å². The molecule has 24 heavy (non-hydrogen) atoms. The first-order valence-corrected chi connectivity index (χ1v) is 10.8. The molecule has 0 saturated carbocycles. The summed E-state index contributed by atoms with van der Waals surface area (Å²) in [6, 6.07) is 3.81. The zero-order chi connectivity index (χ0) is 17.5. The minimum atomic E-state index is -3.41. The number of hydrogen-bond donors (Lipinski definition) is 0. The lowest BCUT2D eigenvalue weighted by molar-refractivity contribution is 0.383. The number of anilines is 1. The molecule has 2 aromatic rings. The molecule has 0 spiro atoms. The first kappa shape index (κ1) is 17.8. The number of nitrogens with zero attached hydrogens (tertiary/aromatic N) is 3. The topological polar surface area (TPSA) is 53.5 Å².